The zero-order valence-corrected chi connectivity index (χ0v) is 11.0. The van der Waals surface area contributed by atoms with Crippen LogP contribution in [0.15, 0.2) is 18.5 Å². The molecule has 0 radical (unpaired) electrons. The summed E-state index contributed by atoms with van der Waals surface area (Å²) in [6.07, 6.45) is -7.04. The van der Waals surface area contributed by atoms with Gasteiger partial charge < -0.3 is 4.90 Å². The zero-order valence-electron chi connectivity index (χ0n) is 11.0. The van der Waals surface area contributed by atoms with E-state index in [1.807, 2.05) is 0 Å². The van der Waals surface area contributed by atoms with E-state index in [4.69, 9.17) is 0 Å². The van der Waals surface area contributed by atoms with Gasteiger partial charge in [0.05, 0.1) is 25.5 Å². The van der Waals surface area contributed by atoms with Crippen LogP contribution >= 0.6 is 0 Å². The van der Waals surface area contributed by atoms with E-state index in [1.54, 1.807) is 0 Å². The highest BCUT2D eigenvalue weighted by atomic mass is 19.4. The van der Waals surface area contributed by atoms with Crippen molar-refractivity contribution in [1.82, 2.24) is 9.88 Å². The molecule has 2 atom stereocenters. The Hall–Kier alpha value is -1.87. The lowest BCUT2D eigenvalue weighted by Gasteiger charge is -2.31. The quantitative estimate of drug-likeness (QED) is 0.685. The molecule has 1 aliphatic heterocycles. The fraction of sp³-hybridized carbons (Fsp3) is 0.500. The lowest BCUT2D eigenvalue weighted by atomic mass is 10.1. The molecule has 2 heterocycles. The van der Waals surface area contributed by atoms with Gasteiger partial charge in [-0.05, 0) is 0 Å². The number of halogens is 7. The number of likely N-dealkylation sites (tertiary alicyclic amines) is 1. The minimum absolute atomic E-state index is 0.166. The van der Waals surface area contributed by atoms with E-state index in [9.17, 15) is 35.5 Å². The molecule has 1 aliphatic rings. The number of aromatic nitrogens is 1. The molecule has 1 aromatic heterocycles. The van der Waals surface area contributed by atoms with Gasteiger partial charge in [-0.3, -0.25) is 9.78 Å². The van der Waals surface area contributed by atoms with Gasteiger partial charge in [-0.2, -0.15) is 13.2 Å². The maximum absolute atomic E-state index is 12.6. The summed E-state index contributed by atoms with van der Waals surface area (Å²) >= 11 is 0. The molecule has 0 aliphatic carbocycles. The van der Waals surface area contributed by atoms with Gasteiger partial charge in [-0.15, -0.1) is 0 Å². The zero-order chi connectivity index (χ0) is 16.9. The Morgan fingerprint density at radius 3 is 1.86 bits per heavy atom. The van der Waals surface area contributed by atoms with Gasteiger partial charge >= 0.3 is 12.1 Å². The number of carbonyl (C=O) groups is 1. The Labute approximate surface area is 120 Å². The van der Waals surface area contributed by atoms with Gasteiger partial charge in [0.15, 0.2) is 0 Å². The molecule has 1 amide bonds. The highest BCUT2D eigenvalue weighted by Gasteiger charge is 2.45. The van der Waals surface area contributed by atoms with E-state index in [0.29, 0.717) is 0 Å². The molecule has 0 unspecified atom stereocenters. The second-order valence-electron chi connectivity index (χ2n) is 4.46. The largest absolute Gasteiger partial charge is 0.471 e. The van der Waals surface area contributed by atoms with Crippen LogP contribution in [0.4, 0.5) is 30.7 Å². The van der Waals surface area contributed by atoms with Gasteiger partial charge in [-0.25, -0.2) is 17.6 Å². The molecule has 22 heavy (non-hydrogen) atoms. The van der Waals surface area contributed by atoms with Crippen LogP contribution in [0.2, 0.25) is 0 Å². The molecule has 2 rings (SSSR count). The molecule has 10 heteroatoms. The summed E-state index contributed by atoms with van der Waals surface area (Å²) in [5.41, 5.74) is 0. The predicted octanol–water partition coefficient (Wildman–Crippen LogP) is 2.82. The van der Waals surface area contributed by atoms with Crippen molar-refractivity contribution in [1.29, 1.82) is 0 Å². The molecule has 124 valence electrons. The maximum atomic E-state index is 12.6. The van der Waals surface area contributed by atoms with Gasteiger partial charge in [0.1, 0.15) is 24.0 Å². The number of hydrogen-bond donors (Lipinski definition) is 0. The Bertz CT molecular complexity index is 481. The fourth-order valence-electron chi connectivity index (χ4n) is 1.71. The van der Waals surface area contributed by atoms with Crippen molar-refractivity contribution in [2.45, 2.75) is 24.9 Å². The third-order valence-corrected chi connectivity index (χ3v) is 2.55. The SMILES string of the molecule is Fc1cncc(F)c1.O=C(N1C[C@H](F)C[C@H](F)C1)C(F)(F)F. The first-order valence-electron chi connectivity index (χ1n) is 6.00. The molecule has 0 spiro atoms. The molecule has 0 N–H and O–H groups in total. The second-order valence-corrected chi connectivity index (χ2v) is 4.46. The van der Waals surface area contributed by atoms with Crippen LogP contribution < -0.4 is 0 Å². The van der Waals surface area contributed by atoms with Crippen molar-refractivity contribution in [2.24, 2.45) is 0 Å². The van der Waals surface area contributed by atoms with Crippen LogP contribution in [0.3, 0.4) is 0 Å². The summed E-state index contributed by atoms with van der Waals surface area (Å²) in [5, 5.41) is 0. The number of rotatable bonds is 0. The molecule has 0 saturated carbocycles. The minimum atomic E-state index is -5.06. The Morgan fingerprint density at radius 2 is 1.55 bits per heavy atom. The Balaban J connectivity index is 0.000000255. The summed E-state index contributed by atoms with van der Waals surface area (Å²) in [5.74, 6) is -3.47. The van der Waals surface area contributed by atoms with Crippen LogP contribution in [0, 0.1) is 11.6 Å². The standard InChI is InChI=1S/C7H8F5NO.C5H3F2N/c8-4-1-5(9)3-13(2-4)6(14)7(10,11)12;6-4-1-5(7)3-8-2-4/h4-5H,1-3H2;1-3H/t4-,5+;. The van der Waals surface area contributed by atoms with Crippen molar-refractivity contribution in [2.75, 3.05) is 13.1 Å². The van der Waals surface area contributed by atoms with E-state index >= 15 is 0 Å². The number of piperidine rings is 1. The van der Waals surface area contributed by atoms with Gasteiger partial charge in [0, 0.05) is 12.5 Å². The Morgan fingerprint density at radius 1 is 1.09 bits per heavy atom. The van der Waals surface area contributed by atoms with Crippen molar-refractivity contribution in [3.8, 4) is 0 Å². The highest BCUT2D eigenvalue weighted by Crippen LogP contribution is 2.23. The topological polar surface area (TPSA) is 33.2 Å². The smallest absolute Gasteiger partial charge is 0.329 e. The van der Waals surface area contributed by atoms with Crippen molar-refractivity contribution >= 4 is 5.91 Å². The minimum Gasteiger partial charge on any atom is -0.329 e. The van der Waals surface area contributed by atoms with E-state index in [1.165, 1.54) is 0 Å². The third kappa shape index (κ3) is 5.86. The third-order valence-electron chi connectivity index (χ3n) is 2.55. The van der Waals surface area contributed by atoms with Gasteiger partial charge in [0.25, 0.3) is 0 Å². The molecule has 0 aromatic carbocycles. The van der Waals surface area contributed by atoms with E-state index in [2.05, 4.69) is 4.98 Å². The average molecular weight is 332 g/mol. The van der Waals surface area contributed by atoms with E-state index in [0.717, 1.165) is 18.5 Å². The normalized spacial score (nSPS) is 21.9. The van der Waals surface area contributed by atoms with Crippen molar-refractivity contribution < 1.29 is 35.5 Å². The first-order valence-corrected chi connectivity index (χ1v) is 6.00. The summed E-state index contributed by atoms with van der Waals surface area (Å²) in [6, 6.07) is 0.771. The highest BCUT2D eigenvalue weighted by molar-refractivity contribution is 5.82. The van der Waals surface area contributed by atoms with Crippen LogP contribution in [0.25, 0.3) is 0 Å². The fourth-order valence-corrected chi connectivity index (χ4v) is 1.71. The molecular formula is C12H11F7N2O. The average Bonchev–Trinajstić information content (AvgIpc) is 2.36. The second kappa shape index (κ2) is 7.41. The van der Waals surface area contributed by atoms with Gasteiger partial charge in [0.2, 0.25) is 0 Å². The monoisotopic (exact) mass is 332 g/mol. The lowest BCUT2D eigenvalue weighted by Crippen LogP contribution is -2.50. The summed E-state index contributed by atoms with van der Waals surface area (Å²) < 4.78 is 84.5. The van der Waals surface area contributed by atoms with Crippen molar-refractivity contribution in [3.63, 3.8) is 0 Å². The number of alkyl halides is 5. The van der Waals surface area contributed by atoms with Crippen LogP contribution in [0.1, 0.15) is 6.42 Å². The molecule has 1 saturated heterocycles. The molecule has 1 fully saturated rings. The number of carbonyl (C=O) groups excluding carboxylic acids is 1. The summed E-state index contributed by atoms with van der Waals surface area (Å²) in [4.78, 5) is 14.0. The molecule has 0 bridgehead atoms. The van der Waals surface area contributed by atoms with E-state index in [-0.39, 0.29) is 4.90 Å². The number of amides is 1. The number of nitrogens with zero attached hydrogens (tertiary/aromatic N) is 2. The van der Waals surface area contributed by atoms with Crippen molar-refractivity contribution in [3.05, 3.63) is 30.1 Å². The number of hydrogen-bond acceptors (Lipinski definition) is 2. The van der Waals surface area contributed by atoms with Crippen LogP contribution in [-0.4, -0.2) is 47.4 Å². The predicted molar refractivity (Wildman–Crippen MR) is 61.2 cm³/mol. The molecule has 3 nitrogen and oxygen atoms in total. The Kier molecular flexibility index (Phi) is 6.12. The summed E-state index contributed by atoms with van der Waals surface area (Å²) in [7, 11) is 0. The van der Waals surface area contributed by atoms with Crippen LogP contribution in [0.5, 0.6) is 0 Å². The van der Waals surface area contributed by atoms with E-state index < -0.39 is 55.6 Å². The molecular weight excluding hydrogens is 321 g/mol. The van der Waals surface area contributed by atoms with Crippen LogP contribution in [-0.2, 0) is 4.79 Å². The first-order chi connectivity index (χ1) is 10.1. The van der Waals surface area contributed by atoms with Gasteiger partial charge in [-0.1, -0.05) is 0 Å². The maximum Gasteiger partial charge on any atom is 0.471 e. The summed E-state index contributed by atoms with van der Waals surface area (Å²) in [6.45, 7) is -1.36. The molecule has 1 aromatic rings. The lowest BCUT2D eigenvalue weighted by molar-refractivity contribution is -0.188. The number of pyridine rings is 1. The first kappa shape index (κ1) is 18.2.